The van der Waals surface area contributed by atoms with Gasteiger partial charge in [-0.05, 0) is 23.8 Å². The van der Waals surface area contributed by atoms with Gasteiger partial charge < -0.3 is 4.74 Å². The van der Waals surface area contributed by atoms with Crippen molar-refractivity contribution in [3.05, 3.63) is 73.2 Å². The molecule has 21 heavy (non-hydrogen) atoms. The van der Waals surface area contributed by atoms with E-state index in [1.807, 2.05) is 24.3 Å². The number of nitro groups is 1. The molecule has 0 radical (unpaired) electrons. The first-order valence-corrected chi connectivity index (χ1v) is 7.00. The fraction of sp³-hybridized carbons (Fsp3) is 0.0714. The van der Waals surface area contributed by atoms with Crippen LogP contribution in [0.3, 0.4) is 0 Å². The molecule has 2 aromatic carbocycles. The highest BCUT2D eigenvalue weighted by Crippen LogP contribution is 2.23. The molecule has 0 saturated carbocycles. The number of benzene rings is 2. The van der Waals surface area contributed by atoms with E-state index >= 15 is 0 Å². The highest BCUT2D eigenvalue weighted by molar-refractivity contribution is 9.10. The number of hydrogen-bond donors (Lipinski definition) is 0. The summed E-state index contributed by atoms with van der Waals surface area (Å²) in [4.78, 5) is 21.9. The van der Waals surface area contributed by atoms with E-state index in [4.69, 9.17) is 16.3 Å². The minimum Gasteiger partial charge on any atom is -0.457 e. The predicted octanol–water partition coefficient (Wildman–Crippen LogP) is 4.37. The Morgan fingerprint density at radius 3 is 2.48 bits per heavy atom. The average molecular weight is 371 g/mol. The van der Waals surface area contributed by atoms with Gasteiger partial charge in [0.2, 0.25) is 0 Å². The molecular weight excluding hydrogens is 362 g/mol. The van der Waals surface area contributed by atoms with E-state index in [-0.39, 0.29) is 22.9 Å². The third-order valence-electron chi connectivity index (χ3n) is 2.67. The van der Waals surface area contributed by atoms with Crippen LogP contribution >= 0.6 is 27.5 Å². The van der Waals surface area contributed by atoms with Gasteiger partial charge in [-0.15, -0.1) is 0 Å². The molecule has 0 aliphatic rings. The van der Waals surface area contributed by atoms with Crippen molar-refractivity contribution < 1.29 is 14.5 Å². The van der Waals surface area contributed by atoms with Crippen molar-refractivity contribution in [3.63, 3.8) is 0 Å². The molecule has 0 atom stereocenters. The van der Waals surface area contributed by atoms with Gasteiger partial charge in [0.1, 0.15) is 6.61 Å². The number of nitrogens with zero attached hydrogens (tertiary/aromatic N) is 1. The maximum absolute atomic E-state index is 11.9. The lowest BCUT2D eigenvalue weighted by molar-refractivity contribution is -0.384. The molecular formula is C14H9BrClNO4. The fourth-order valence-corrected chi connectivity index (χ4v) is 2.11. The Balaban J connectivity index is 2.06. The van der Waals surface area contributed by atoms with Crippen LogP contribution in [0.1, 0.15) is 15.9 Å². The Morgan fingerprint density at radius 2 is 1.90 bits per heavy atom. The zero-order valence-corrected chi connectivity index (χ0v) is 12.9. The van der Waals surface area contributed by atoms with Gasteiger partial charge >= 0.3 is 5.97 Å². The normalized spacial score (nSPS) is 10.2. The molecule has 0 aromatic heterocycles. The Hall–Kier alpha value is -1.92. The van der Waals surface area contributed by atoms with E-state index in [0.29, 0.717) is 0 Å². The quantitative estimate of drug-likeness (QED) is 0.455. The smallest absolute Gasteiger partial charge is 0.339 e. The van der Waals surface area contributed by atoms with Crippen LogP contribution in [0.5, 0.6) is 0 Å². The Labute approximate surface area is 133 Å². The number of rotatable bonds is 4. The zero-order chi connectivity index (χ0) is 15.4. The lowest BCUT2D eigenvalue weighted by Crippen LogP contribution is -2.06. The van der Waals surface area contributed by atoms with E-state index in [1.54, 1.807) is 0 Å². The second-order valence-electron chi connectivity index (χ2n) is 4.12. The van der Waals surface area contributed by atoms with Crippen molar-refractivity contribution in [2.24, 2.45) is 0 Å². The Morgan fingerprint density at radius 1 is 1.24 bits per heavy atom. The van der Waals surface area contributed by atoms with E-state index in [0.717, 1.165) is 16.1 Å². The summed E-state index contributed by atoms with van der Waals surface area (Å²) in [5, 5.41) is 10.6. The lowest BCUT2D eigenvalue weighted by atomic mass is 10.2. The molecule has 0 spiro atoms. The van der Waals surface area contributed by atoms with Crippen LogP contribution in [0.4, 0.5) is 5.69 Å². The summed E-state index contributed by atoms with van der Waals surface area (Å²) in [6, 6.07) is 10.9. The second-order valence-corrected chi connectivity index (χ2v) is 5.45. The Kier molecular flexibility index (Phi) is 4.93. The van der Waals surface area contributed by atoms with E-state index in [1.165, 1.54) is 12.1 Å². The van der Waals surface area contributed by atoms with Crippen molar-refractivity contribution in [1.82, 2.24) is 0 Å². The summed E-state index contributed by atoms with van der Waals surface area (Å²) >= 11 is 9.17. The lowest BCUT2D eigenvalue weighted by Gasteiger charge is -2.06. The van der Waals surface area contributed by atoms with Crippen molar-refractivity contribution in [1.29, 1.82) is 0 Å². The molecule has 0 amide bonds. The van der Waals surface area contributed by atoms with Crippen LogP contribution in [0.15, 0.2) is 46.9 Å². The predicted molar refractivity (Wildman–Crippen MR) is 81.4 cm³/mol. The van der Waals surface area contributed by atoms with Crippen molar-refractivity contribution in [3.8, 4) is 0 Å². The van der Waals surface area contributed by atoms with Crippen molar-refractivity contribution >= 4 is 39.2 Å². The molecule has 7 heteroatoms. The number of ether oxygens (including phenoxy) is 1. The summed E-state index contributed by atoms with van der Waals surface area (Å²) < 4.78 is 6.05. The molecule has 5 nitrogen and oxygen atoms in total. The first-order valence-electron chi connectivity index (χ1n) is 5.83. The van der Waals surface area contributed by atoms with Gasteiger partial charge in [0.15, 0.2) is 0 Å². The monoisotopic (exact) mass is 369 g/mol. The van der Waals surface area contributed by atoms with Gasteiger partial charge in [0, 0.05) is 16.6 Å². The van der Waals surface area contributed by atoms with Crippen LogP contribution in [0.2, 0.25) is 5.02 Å². The minimum atomic E-state index is -0.627. The average Bonchev–Trinajstić information content (AvgIpc) is 2.46. The van der Waals surface area contributed by atoms with Gasteiger partial charge in [-0.3, -0.25) is 10.1 Å². The van der Waals surface area contributed by atoms with Gasteiger partial charge in [0.25, 0.3) is 5.69 Å². The van der Waals surface area contributed by atoms with Crippen LogP contribution in [-0.4, -0.2) is 10.9 Å². The summed E-state index contributed by atoms with van der Waals surface area (Å²) in [6.07, 6.45) is 0. The number of carbonyl (C=O) groups excluding carboxylic acids is 1. The highest BCUT2D eigenvalue weighted by Gasteiger charge is 2.16. The molecule has 0 aliphatic heterocycles. The molecule has 108 valence electrons. The molecule has 2 aromatic rings. The largest absolute Gasteiger partial charge is 0.457 e. The first kappa shape index (κ1) is 15.5. The number of esters is 1. The Bertz CT molecular complexity index is 688. The third-order valence-corrected chi connectivity index (χ3v) is 3.51. The molecule has 2 rings (SSSR count). The topological polar surface area (TPSA) is 69.4 Å². The molecule has 0 saturated heterocycles. The van der Waals surface area contributed by atoms with E-state index in [2.05, 4.69) is 15.9 Å². The van der Waals surface area contributed by atoms with E-state index < -0.39 is 10.9 Å². The summed E-state index contributed by atoms with van der Waals surface area (Å²) in [6.45, 7) is 0.0967. The number of nitro benzene ring substituents is 1. The number of non-ortho nitro benzene ring substituents is 1. The molecule has 0 heterocycles. The molecule has 0 fully saturated rings. The third kappa shape index (κ3) is 4.03. The van der Waals surface area contributed by atoms with Crippen LogP contribution < -0.4 is 0 Å². The van der Waals surface area contributed by atoms with Crippen LogP contribution in [0.25, 0.3) is 0 Å². The minimum absolute atomic E-state index is 0.00925. The van der Waals surface area contributed by atoms with Gasteiger partial charge in [-0.1, -0.05) is 39.7 Å². The van der Waals surface area contributed by atoms with Crippen molar-refractivity contribution in [2.45, 2.75) is 6.61 Å². The zero-order valence-electron chi connectivity index (χ0n) is 10.6. The summed E-state index contributed by atoms with van der Waals surface area (Å²) in [5.41, 5.74) is 0.744. The molecule has 0 unspecified atom stereocenters. The number of hydrogen-bond acceptors (Lipinski definition) is 4. The SMILES string of the molecule is O=C(OCc1ccc(Br)cc1)c1ccc([N+](=O)[O-])cc1Cl. The molecule has 0 aliphatic carbocycles. The molecule has 0 N–H and O–H groups in total. The maximum Gasteiger partial charge on any atom is 0.339 e. The van der Waals surface area contributed by atoms with Crippen molar-refractivity contribution in [2.75, 3.05) is 0 Å². The number of carbonyl (C=O) groups is 1. The van der Waals surface area contributed by atoms with Gasteiger partial charge in [-0.2, -0.15) is 0 Å². The second kappa shape index (κ2) is 6.69. The highest BCUT2D eigenvalue weighted by atomic mass is 79.9. The molecule has 0 bridgehead atoms. The maximum atomic E-state index is 11.9. The van der Waals surface area contributed by atoms with Crippen LogP contribution in [-0.2, 0) is 11.3 Å². The fourth-order valence-electron chi connectivity index (χ4n) is 1.59. The van der Waals surface area contributed by atoms with Gasteiger partial charge in [0.05, 0.1) is 15.5 Å². The summed E-state index contributed by atoms with van der Waals surface area (Å²) in [7, 11) is 0. The first-order chi connectivity index (χ1) is 9.97. The van der Waals surface area contributed by atoms with Gasteiger partial charge in [-0.25, -0.2) is 4.79 Å². The standard InChI is InChI=1S/C14H9BrClNO4/c15-10-3-1-9(2-4-10)8-21-14(18)12-6-5-11(17(19)20)7-13(12)16/h1-7H,8H2. The van der Waals surface area contributed by atoms with E-state index in [9.17, 15) is 14.9 Å². The number of halogens is 2. The van der Waals surface area contributed by atoms with Crippen LogP contribution in [0, 0.1) is 10.1 Å². The summed E-state index contributed by atoms with van der Waals surface area (Å²) in [5.74, 6) is -0.627.